The van der Waals surface area contributed by atoms with Crippen LogP contribution >= 0.6 is 0 Å². The number of para-hydroxylation sites is 7. The summed E-state index contributed by atoms with van der Waals surface area (Å²) in [4.78, 5) is 21.1. The Morgan fingerprint density at radius 1 is 0.357 bits per heavy atom. The molecule has 4 aliphatic carbocycles. The van der Waals surface area contributed by atoms with Gasteiger partial charge < -0.3 is 34.3 Å². The Labute approximate surface area is 675 Å². The van der Waals surface area contributed by atoms with E-state index < -0.39 is 0 Å². The standard InChI is InChI=1S/C20H23N.C18H20N2.C18H19N.C18H27N.C16H23N.C14H20N2/c1-14-9-5-8-12-18(14)21-15(2)19(3)13-20(21,4)17-11-7-6-10-16(17)19;1-13-8-4-6-10-16(13)20-14(2)19-12-18(20,3)15-9-5-7-11-17(15)19;1-12-7-3-6-10-17(12)19-13(2)16-11-18(19)15-9-5-4-8-14(15)16;1-13-9-7-8-10-15(13)19-14(2)17(5)11-12-18(19,6)16(17,3)4;1-11-7-5-6-8-14(11)17-12(2)13-9-10-15(17)16(13,3)4;1-11-6-4-5-7-13(11)16-12(2)15-9-8-14(16,3)10-15/h5-12,15H,13H2,1-4H3;4-11,14H,12H2,1-3H3;3-10,13,16,18H,11H2,1-2H3;7-10,14H,11-12H2,1-6H3;5-8,12-13,15H,9-10H2,1-4H3;4-7,12H,8-10H2,1-3H3. The van der Waals surface area contributed by atoms with E-state index in [1.165, 1.54) is 142 Å². The van der Waals surface area contributed by atoms with Crippen molar-refractivity contribution < 1.29 is 0 Å². The molecule has 0 amide bonds. The summed E-state index contributed by atoms with van der Waals surface area (Å²) < 4.78 is 0. The van der Waals surface area contributed by atoms with Crippen LogP contribution in [0.2, 0.25) is 0 Å². The molecule has 8 heterocycles. The van der Waals surface area contributed by atoms with E-state index in [9.17, 15) is 0 Å². The summed E-state index contributed by atoms with van der Waals surface area (Å²) in [5, 5.41) is 0. The number of hydrogen-bond donors (Lipinski definition) is 0. The number of piperidine rings is 2. The molecule has 0 N–H and O–H groups in total. The van der Waals surface area contributed by atoms with Crippen molar-refractivity contribution in [2.75, 3.05) is 53.9 Å². The largest absolute Gasteiger partial charge is 0.365 e. The molecule has 21 rings (SSSR count). The Bertz CT molecular complexity index is 4970. The van der Waals surface area contributed by atoms with Gasteiger partial charge in [-0.05, 0) is 276 Å². The molecule has 8 heteroatoms. The van der Waals surface area contributed by atoms with Crippen molar-refractivity contribution in [1.82, 2.24) is 4.90 Å². The summed E-state index contributed by atoms with van der Waals surface area (Å²) in [6.45, 7) is 55.7. The van der Waals surface area contributed by atoms with Crippen molar-refractivity contribution in [1.29, 1.82) is 0 Å². The average molecular weight is 1490 g/mol. The van der Waals surface area contributed by atoms with Crippen LogP contribution in [-0.2, 0) is 16.5 Å². The fourth-order valence-corrected chi connectivity index (χ4v) is 25.9. The van der Waals surface area contributed by atoms with Gasteiger partial charge in [-0.2, -0.15) is 0 Å². The van der Waals surface area contributed by atoms with Gasteiger partial charge in [-0.25, -0.2) is 0 Å². The van der Waals surface area contributed by atoms with Crippen LogP contribution in [0, 0.1) is 63.7 Å². The minimum atomic E-state index is 0.0854. The molecule has 17 atom stereocenters. The maximum atomic E-state index is 2.73. The first-order valence-corrected chi connectivity index (χ1v) is 43.2. The Balaban J connectivity index is 0.000000102. The first kappa shape index (κ1) is 77.5. The third kappa shape index (κ3) is 11.7. The van der Waals surface area contributed by atoms with Crippen molar-refractivity contribution in [2.45, 2.75) is 279 Å². The molecule has 112 heavy (non-hydrogen) atoms. The van der Waals surface area contributed by atoms with Gasteiger partial charge >= 0.3 is 0 Å². The van der Waals surface area contributed by atoms with Gasteiger partial charge in [-0.1, -0.05) is 217 Å². The van der Waals surface area contributed by atoms with Gasteiger partial charge in [0, 0.05) is 112 Å². The highest BCUT2D eigenvalue weighted by Crippen LogP contribution is 2.70. The predicted octanol–water partition coefficient (Wildman–Crippen LogP) is 24.5. The van der Waals surface area contributed by atoms with Gasteiger partial charge in [0.15, 0.2) is 0 Å². The summed E-state index contributed by atoms with van der Waals surface area (Å²) in [7, 11) is 0. The minimum Gasteiger partial charge on any atom is -0.365 e. The SMILES string of the molecule is Cc1ccccc1N1C(C)C2(C)CC1(C)c1ccccc12.Cc1ccccc1N1C(C)C2(C)CCC1(C)C2(C)C.Cc1ccccc1N1C(C)C2CCC1C2(C)C.Cc1ccccc1N1C(C)N2CC1(C)c1ccccc12.Cc1ccccc1N1C(C)N2CCC1(C)C2.Cc1ccccc1N1C2CC(c3ccccc32)C1C. The van der Waals surface area contributed by atoms with Gasteiger partial charge in [0.05, 0.1) is 35.0 Å². The third-order valence-electron chi connectivity index (χ3n) is 32.8. The fraction of sp³-hybridized carbons (Fsp3) is 0.481. The average Bonchev–Trinajstić information content (AvgIpc) is 1.50. The Morgan fingerprint density at radius 2 is 0.804 bits per heavy atom. The molecule has 8 aliphatic heterocycles. The molecule has 0 radical (unpaired) electrons. The van der Waals surface area contributed by atoms with E-state index in [4.69, 9.17) is 0 Å². The molecule has 8 nitrogen and oxygen atoms in total. The first-order valence-electron chi connectivity index (χ1n) is 43.2. The zero-order chi connectivity index (χ0) is 79.3. The molecule has 9 aromatic rings. The minimum absolute atomic E-state index is 0.0854. The van der Waals surface area contributed by atoms with Crippen molar-refractivity contribution in [3.63, 3.8) is 0 Å². The lowest BCUT2D eigenvalue weighted by Crippen LogP contribution is -2.50. The smallest absolute Gasteiger partial charge is 0.0997 e. The highest BCUT2D eigenvalue weighted by molar-refractivity contribution is 5.75. The van der Waals surface area contributed by atoms with E-state index in [0.29, 0.717) is 70.2 Å². The quantitative estimate of drug-likeness (QED) is 0.163. The van der Waals surface area contributed by atoms with E-state index in [0.717, 1.165) is 18.5 Å². The van der Waals surface area contributed by atoms with Gasteiger partial charge in [0.1, 0.15) is 0 Å². The fourth-order valence-electron chi connectivity index (χ4n) is 25.9. The number of fused-ring (bicyclic) bond motifs is 21. The number of hydrogen-bond acceptors (Lipinski definition) is 8. The van der Waals surface area contributed by atoms with Crippen LogP contribution in [0.3, 0.4) is 0 Å². The summed E-state index contributed by atoms with van der Waals surface area (Å²) in [5.41, 5.74) is 28.3. The first-order chi connectivity index (χ1) is 53.3. The van der Waals surface area contributed by atoms with Crippen LogP contribution in [0.4, 0.5) is 39.8 Å². The van der Waals surface area contributed by atoms with Crippen LogP contribution < -0.4 is 34.3 Å². The van der Waals surface area contributed by atoms with Gasteiger partial charge in [-0.15, -0.1) is 0 Å². The van der Waals surface area contributed by atoms with Gasteiger partial charge in [0.25, 0.3) is 0 Å². The zero-order valence-corrected chi connectivity index (χ0v) is 72.2. The second-order valence-electron chi connectivity index (χ2n) is 39.0. The summed E-state index contributed by atoms with van der Waals surface area (Å²) in [6, 6.07) is 83.5. The van der Waals surface area contributed by atoms with E-state index in [1.54, 1.807) is 16.7 Å². The Hall–Kier alpha value is -8.46. The molecule has 9 aromatic carbocycles. The summed E-state index contributed by atoms with van der Waals surface area (Å²) in [5.74, 6) is 1.58. The van der Waals surface area contributed by atoms with Crippen LogP contribution in [0.1, 0.15) is 229 Å². The van der Waals surface area contributed by atoms with Crippen molar-refractivity contribution >= 4 is 39.8 Å². The second-order valence-corrected chi connectivity index (χ2v) is 39.0. The van der Waals surface area contributed by atoms with Crippen LogP contribution in [-0.4, -0.2) is 78.2 Å². The topological polar surface area (TPSA) is 25.9 Å². The zero-order valence-electron chi connectivity index (χ0n) is 72.2. The lowest BCUT2D eigenvalue weighted by atomic mass is 9.65. The maximum absolute atomic E-state index is 2.73. The molecule has 17 unspecified atom stereocenters. The Kier molecular flexibility index (Phi) is 19.5. The summed E-state index contributed by atoms with van der Waals surface area (Å²) in [6.07, 6.45) is 10.2. The molecule has 0 aromatic heterocycles. The summed E-state index contributed by atoms with van der Waals surface area (Å²) >= 11 is 0. The number of aryl methyl sites for hydroxylation is 6. The van der Waals surface area contributed by atoms with Crippen molar-refractivity contribution in [2.24, 2.45) is 22.2 Å². The lowest BCUT2D eigenvalue weighted by molar-refractivity contribution is 0.132. The van der Waals surface area contributed by atoms with Crippen LogP contribution in [0.5, 0.6) is 0 Å². The van der Waals surface area contributed by atoms with E-state index >= 15 is 0 Å². The molecule has 9 fully saturated rings. The van der Waals surface area contributed by atoms with E-state index in [-0.39, 0.29) is 22.0 Å². The Morgan fingerprint density at radius 3 is 1.29 bits per heavy atom. The predicted molar refractivity (Wildman–Crippen MR) is 477 cm³/mol. The number of anilines is 7. The van der Waals surface area contributed by atoms with E-state index in [1.807, 2.05) is 0 Å². The monoisotopic (exact) mass is 1490 g/mol. The third-order valence-corrected chi connectivity index (χ3v) is 32.8. The molecule has 12 aliphatic rings. The molecule has 2 saturated carbocycles. The molecule has 12 bridgehead atoms. The molecule has 7 saturated heterocycles. The maximum Gasteiger partial charge on any atom is 0.0997 e. The number of nitrogens with zero attached hydrogens (tertiary/aromatic N) is 8. The molecule has 588 valence electrons. The van der Waals surface area contributed by atoms with Crippen LogP contribution in [0.15, 0.2) is 218 Å². The normalized spacial score (nSPS) is 33.1. The highest BCUT2D eigenvalue weighted by Gasteiger charge is 2.70. The van der Waals surface area contributed by atoms with Crippen molar-refractivity contribution in [3.05, 3.63) is 280 Å². The van der Waals surface area contributed by atoms with Crippen LogP contribution in [0.25, 0.3) is 0 Å². The van der Waals surface area contributed by atoms with Crippen molar-refractivity contribution in [3.8, 4) is 0 Å². The highest BCUT2D eigenvalue weighted by atomic mass is 15.5. The molecule has 0 spiro atoms. The van der Waals surface area contributed by atoms with E-state index in [2.05, 4.69) is 410 Å². The molecular formula is C104H132N8. The second kappa shape index (κ2) is 28.2. The van der Waals surface area contributed by atoms with Gasteiger partial charge in [0.2, 0.25) is 0 Å². The lowest BCUT2D eigenvalue weighted by Gasteiger charge is -2.46. The number of benzene rings is 9. The van der Waals surface area contributed by atoms with Gasteiger partial charge in [-0.3, -0.25) is 4.90 Å². The molecular weight excluding hydrogens is 1360 g/mol. The number of rotatable bonds is 6.